The highest BCUT2D eigenvalue weighted by Crippen LogP contribution is 2.28. The normalized spacial score (nSPS) is 23.7. The predicted molar refractivity (Wildman–Crippen MR) is 57.1 cm³/mol. The van der Waals surface area contributed by atoms with Gasteiger partial charge in [-0.25, -0.2) is 15.8 Å². The van der Waals surface area contributed by atoms with Crippen LogP contribution in [0.5, 0.6) is 0 Å². The summed E-state index contributed by atoms with van der Waals surface area (Å²) in [6.07, 6.45) is -1.53. The second kappa shape index (κ2) is 5.44. The van der Waals surface area contributed by atoms with Crippen molar-refractivity contribution in [1.29, 1.82) is 0 Å². The van der Waals surface area contributed by atoms with E-state index in [1.54, 1.807) is 5.32 Å². The van der Waals surface area contributed by atoms with E-state index in [1.807, 2.05) is 10.6 Å². The zero-order valence-electron chi connectivity index (χ0n) is 10.6. The highest BCUT2D eigenvalue weighted by molar-refractivity contribution is 6.02. The highest BCUT2D eigenvalue weighted by Gasteiger charge is 2.63. The molecule has 0 aromatic carbocycles. The molecule has 2 aliphatic rings. The summed E-state index contributed by atoms with van der Waals surface area (Å²) in [7, 11) is 0. The second-order valence-corrected chi connectivity index (χ2v) is 4.23. The number of carbonyl (C=O) groups is 4. The molecule has 2 heterocycles. The molecular formula is C8H10N4O10. The average molecular weight is 322 g/mol. The summed E-state index contributed by atoms with van der Waals surface area (Å²) in [5.74, 6) is -7.11. The fraction of sp³-hybridized carbons (Fsp3) is 0.500. The Morgan fingerprint density at radius 3 is 1.77 bits per heavy atom. The SMILES string of the molecule is O=C1CC(=O)NC(OO)(N2C(=O)CC(=O)NC2(OO)OO)N1. The minimum absolute atomic E-state index is 0.0242. The van der Waals surface area contributed by atoms with E-state index in [0.717, 1.165) is 0 Å². The van der Waals surface area contributed by atoms with Gasteiger partial charge in [-0.2, -0.15) is 19.6 Å². The van der Waals surface area contributed by atoms with Gasteiger partial charge in [-0.15, -0.1) is 0 Å². The van der Waals surface area contributed by atoms with Crippen molar-refractivity contribution in [3.63, 3.8) is 0 Å². The monoisotopic (exact) mass is 322 g/mol. The van der Waals surface area contributed by atoms with Crippen molar-refractivity contribution in [1.82, 2.24) is 20.9 Å². The molecule has 122 valence electrons. The van der Waals surface area contributed by atoms with E-state index in [2.05, 4.69) is 14.7 Å². The van der Waals surface area contributed by atoms with Crippen LogP contribution in [-0.2, 0) is 33.8 Å². The lowest BCUT2D eigenvalue weighted by Crippen LogP contribution is -2.84. The topological polar surface area (TPSA) is 196 Å². The Morgan fingerprint density at radius 1 is 0.818 bits per heavy atom. The van der Waals surface area contributed by atoms with Gasteiger partial charge in [-0.3, -0.25) is 35.1 Å². The molecule has 2 fully saturated rings. The van der Waals surface area contributed by atoms with Gasteiger partial charge in [0, 0.05) is 0 Å². The number of amides is 4. The molecule has 6 N–H and O–H groups in total. The van der Waals surface area contributed by atoms with E-state index in [0.29, 0.717) is 0 Å². The first-order valence-corrected chi connectivity index (χ1v) is 5.56. The molecule has 14 nitrogen and oxygen atoms in total. The lowest BCUT2D eigenvalue weighted by molar-refractivity contribution is -0.555. The molecule has 14 heteroatoms. The average Bonchev–Trinajstić information content (AvgIpc) is 2.44. The zero-order valence-corrected chi connectivity index (χ0v) is 10.6. The molecule has 22 heavy (non-hydrogen) atoms. The lowest BCUT2D eigenvalue weighted by atomic mass is 10.2. The molecule has 2 aliphatic heterocycles. The largest absolute Gasteiger partial charge is 0.403 e. The Morgan fingerprint density at radius 2 is 1.32 bits per heavy atom. The van der Waals surface area contributed by atoms with Gasteiger partial charge in [0.1, 0.15) is 12.8 Å². The standard InChI is InChI=1S/C8H10N4O10/c13-3-1-4(14)10-7(9-3,20-17)12-6(16)2-5(15)11-8(12,21-18)22-19/h17-19H,1-2H2,(H,9,13)(H,10,14)(H,11,15). The van der Waals surface area contributed by atoms with Crippen LogP contribution < -0.4 is 16.0 Å². The minimum atomic E-state index is -3.10. The van der Waals surface area contributed by atoms with E-state index >= 15 is 0 Å². The van der Waals surface area contributed by atoms with Crippen LogP contribution in [0, 0.1) is 0 Å². The smallest absolute Gasteiger partial charge is 0.289 e. The highest BCUT2D eigenvalue weighted by atomic mass is 17.2. The van der Waals surface area contributed by atoms with Crippen LogP contribution in [-0.4, -0.2) is 56.3 Å². The van der Waals surface area contributed by atoms with Crippen molar-refractivity contribution in [3.8, 4) is 0 Å². The fourth-order valence-electron chi connectivity index (χ4n) is 2.03. The van der Waals surface area contributed by atoms with Crippen LogP contribution in [0.2, 0.25) is 0 Å². The number of nitrogens with one attached hydrogen (secondary N) is 3. The molecular weight excluding hydrogens is 312 g/mol. The van der Waals surface area contributed by atoms with E-state index < -0.39 is 48.5 Å². The van der Waals surface area contributed by atoms with E-state index in [4.69, 9.17) is 15.8 Å². The summed E-state index contributed by atoms with van der Waals surface area (Å²) in [5, 5.41) is 32.2. The zero-order chi connectivity index (χ0) is 16.5. The van der Waals surface area contributed by atoms with Crippen LogP contribution in [0.1, 0.15) is 12.8 Å². The van der Waals surface area contributed by atoms with Crippen molar-refractivity contribution in [2.45, 2.75) is 24.8 Å². The number of hydrogen-bond acceptors (Lipinski definition) is 10. The molecule has 0 aromatic rings. The van der Waals surface area contributed by atoms with Crippen LogP contribution in [0.25, 0.3) is 0 Å². The number of hydrogen-bond donors (Lipinski definition) is 6. The minimum Gasteiger partial charge on any atom is -0.289 e. The van der Waals surface area contributed by atoms with Crippen molar-refractivity contribution in [2.75, 3.05) is 0 Å². The number of carbonyl (C=O) groups excluding carboxylic acids is 4. The Labute approximate surface area is 120 Å². The number of nitrogens with zero attached hydrogens (tertiary/aromatic N) is 1. The van der Waals surface area contributed by atoms with Crippen molar-refractivity contribution in [2.24, 2.45) is 0 Å². The molecule has 4 amide bonds. The first kappa shape index (κ1) is 16.0. The van der Waals surface area contributed by atoms with Crippen LogP contribution in [0.4, 0.5) is 0 Å². The summed E-state index contributed by atoms with van der Waals surface area (Å²) < 4.78 is 0. The maximum Gasteiger partial charge on any atom is 0.403 e. The predicted octanol–water partition coefficient (Wildman–Crippen LogP) is -3.34. The molecule has 2 saturated heterocycles. The van der Waals surface area contributed by atoms with Crippen molar-refractivity contribution < 1.29 is 49.6 Å². The third-order valence-corrected chi connectivity index (χ3v) is 2.79. The summed E-state index contributed by atoms with van der Waals surface area (Å²) >= 11 is 0. The van der Waals surface area contributed by atoms with Gasteiger partial charge in [0.05, 0.1) is 0 Å². The molecule has 0 bridgehead atoms. The second-order valence-electron chi connectivity index (χ2n) is 4.23. The molecule has 0 saturated carbocycles. The van der Waals surface area contributed by atoms with Gasteiger partial charge >= 0.3 is 12.0 Å². The molecule has 0 radical (unpaired) electrons. The maximum absolute atomic E-state index is 12.0. The van der Waals surface area contributed by atoms with Gasteiger partial charge in [0.25, 0.3) is 0 Å². The van der Waals surface area contributed by atoms with Gasteiger partial charge < -0.3 is 0 Å². The van der Waals surface area contributed by atoms with Crippen LogP contribution >= 0.6 is 0 Å². The molecule has 0 aromatic heterocycles. The summed E-state index contributed by atoms with van der Waals surface area (Å²) in [6, 6.07) is -3.10. The summed E-state index contributed by atoms with van der Waals surface area (Å²) in [4.78, 5) is 57.7. The van der Waals surface area contributed by atoms with E-state index in [-0.39, 0.29) is 4.90 Å². The lowest BCUT2D eigenvalue weighted by Gasteiger charge is -2.49. The van der Waals surface area contributed by atoms with Crippen molar-refractivity contribution >= 4 is 23.6 Å². The quantitative estimate of drug-likeness (QED) is 0.132. The Kier molecular flexibility index (Phi) is 3.96. The molecule has 0 unspecified atom stereocenters. The Bertz CT molecular complexity index is 515. The van der Waals surface area contributed by atoms with Crippen LogP contribution in [0.3, 0.4) is 0 Å². The number of rotatable bonds is 4. The first-order chi connectivity index (χ1) is 10.3. The molecule has 0 spiro atoms. The molecule has 2 rings (SSSR count). The van der Waals surface area contributed by atoms with Gasteiger partial charge in [-0.05, 0) is 0 Å². The summed E-state index contributed by atoms with van der Waals surface area (Å²) in [6.45, 7) is 0. The Hall–Kier alpha value is -2.36. The fourth-order valence-corrected chi connectivity index (χ4v) is 2.03. The molecule has 0 atom stereocenters. The van der Waals surface area contributed by atoms with E-state index in [1.165, 1.54) is 0 Å². The van der Waals surface area contributed by atoms with Gasteiger partial charge in [-0.1, -0.05) is 0 Å². The summed E-state index contributed by atoms with van der Waals surface area (Å²) in [5.41, 5.74) is 0. The molecule has 0 aliphatic carbocycles. The first-order valence-electron chi connectivity index (χ1n) is 5.56. The third-order valence-electron chi connectivity index (χ3n) is 2.79. The van der Waals surface area contributed by atoms with Gasteiger partial charge in [0.2, 0.25) is 23.6 Å². The maximum atomic E-state index is 12.0. The van der Waals surface area contributed by atoms with Crippen molar-refractivity contribution in [3.05, 3.63) is 0 Å². The third kappa shape index (κ3) is 2.34. The van der Waals surface area contributed by atoms with E-state index in [9.17, 15) is 19.2 Å². The van der Waals surface area contributed by atoms with Crippen LogP contribution in [0.15, 0.2) is 0 Å². The Balaban J connectivity index is 2.52. The van der Waals surface area contributed by atoms with Gasteiger partial charge in [0.15, 0.2) is 0 Å².